The van der Waals surface area contributed by atoms with E-state index in [0.717, 1.165) is 21.6 Å². The Hall–Kier alpha value is -1.45. The summed E-state index contributed by atoms with van der Waals surface area (Å²) < 4.78 is 0. The number of benzene rings is 2. The van der Waals surface area contributed by atoms with Crippen molar-refractivity contribution in [2.75, 3.05) is 0 Å². The minimum Gasteiger partial charge on any atom is -0.480 e. The Balaban J connectivity index is 2.18. The number of carboxylic acids is 1. The topological polar surface area (TPSA) is 37.3 Å². The summed E-state index contributed by atoms with van der Waals surface area (Å²) in [5.74, 6) is -0.806. The first-order chi connectivity index (χ1) is 9.97. The molecule has 0 saturated carbocycles. The van der Waals surface area contributed by atoms with Gasteiger partial charge in [-0.15, -0.1) is 11.8 Å². The van der Waals surface area contributed by atoms with Gasteiger partial charge in [0.2, 0.25) is 0 Å². The second-order valence-corrected chi connectivity index (χ2v) is 6.67. The van der Waals surface area contributed by atoms with Gasteiger partial charge in [-0.1, -0.05) is 41.4 Å². The molecule has 0 unspecified atom stereocenters. The summed E-state index contributed by atoms with van der Waals surface area (Å²) in [6.45, 7) is 3.94. The molecule has 21 heavy (non-hydrogen) atoms. The van der Waals surface area contributed by atoms with Gasteiger partial charge in [0.05, 0.1) is 0 Å². The molecule has 0 spiro atoms. The summed E-state index contributed by atoms with van der Waals surface area (Å²) >= 11 is 7.47. The normalized spacial score (nSPS) is 12.1. The van der Waals surface area contributed by atoms with Crippen LogP contribution in [0.1, 0.15) is 16.7 Å². The van der Waals surface area contributed by atoms with Gasteiger partial charge in [0, 0.05) is 9.92 Å². The zero-order valence-electron chi connectivity index (χ0n) is 12.0. The summed E-state index contributed by atoms with van der Waals surface area (Å²) in [7, 11) is 0. The van der Waals surface area contributed by atoms with Crippen LogP contribution < -0.4 is 0 Å². The van der Waals surface area contributed by atoms with E-state index in [9.17, 15) is 9.90 Å². The molecule has 0 radical (unpaired) electrons. The third kappa shape index (κ3) is 4.26. The van der Waals surface area contributed by atoms with Gasteiger partial charge >= 0.3 is 5.97 Å². The van der Waals surface area contributed by atoms with Crippen LogP contribution in [0.25, 0.3) is 0 Å². The van der Waals surface area contributed by atoms with Crippen LogP contribution in [0.4, 0.5) is 0 Å². The van der Waals surface area contributed by atoms with Crippen molar-refractivity contribution in [2.24, 2.45) is 0 Å². The Kier molecular flexibility index (Phi) is 5.32. The number of thioether (sulfide) groups is 1. The molecule has 0 aliphatic heterocycles. The molecule has 2 aromatic carbocycles. The van der Waals surface area contributed by atoms with Crippen LogP contribution in [-0.2, 0) is 11.2 Å². The summed E-state index contributed by atoms with van der Waals surface area (Å²) in [5, 5.41) is 9.61. The van der Waals surface area contributed by atoms with E-state index in [4.69, 9.17) is 11.6 Å². The van der Waals surface area contributed by atoms with Crippen LogP contribution in [0.15, 0.2) is 47.4 Å². The highest BCUT2D eigenvalue weighted by atomic mass is 35.5. The maximum absolute atomic E-state index is 11.5. The maximum atomic E-state index is 11.5. The van der Waals surface area contributed by atoms with E-state index >= 15 is 0 Å². The number of rotatable bonds is 5. The zero-order valence-corrected chi connectivity index (χ0v) is 13.5. The molecule has 1 atom stereocenters. The molecule has 1 N–H and O–H groups in total. The minimum absolute atomic E-state index is 0.459. The van der Waals surface area contributed by atoms with Crippen LogP contribution in [0.2, 0.25) is 5.02 Å². The van der Waals surface area contributed by atoms with E-state index in [-0.39, 0.29) is 0 Å². The van der Waals surface area contributed by atoms with Crippen molar-refractivity contribution >= 4 is 29.3 Å². The first-order valence-electron chi connectivity index (χ1n) is 6.67. The highest BCUT2D eigenvalue weighted by molar-refractivity contribution is 8.00. The lowest BCUT2D eigenvalue weighted by atomic mass is 10.0. The second-order valence-electron chi connectivity index (χ2n) is 4.99. The second kappa shape index (κ2) is 7.01. The number of hydrogen-bond acceptors (Lipinski definition) is 2. The smallest absolute Gasteiger partial charge is 0.317 e. The third-order valence-electron chi connectivity index (χ3n) is 3.36. The van der Waals surface area contributed by atoms with Gasteiger partial charge in [-0.3, -0.25) is 4.79 Å². The average Bonchev–Trinajstić information content (AvgIpc) is 2.45. The van der Waals surface area contributed by atoms with Gasteiger partial charge in [-0.2, -0.15) is 0 Å². The fourth-order valence-corrected chi connectivity index (χ4v) is 3.21. The molecular weight excluding hydrogens is 304 g/mol. The van der Waals surface area contributed by atoms with Gasteiger partial charge in [0.1, 0.15) is 5.25 Å². The van der Waals surface area contributed by atoms with Crippen LogP contribution in [0, 0.1) is 13.8 Å². The van der Waals surface area contributed by atoms with E-state index < -0.39 is 11.2 Å². The zero-order chi connectivity index (χ0) is 15.4. The molecule has 110 valence electrons. The van der Waals surface area contributed by atoms with E-state index in [1.165, 1.54) is 11.8 Å². The first-order valence-corrected chi connectivity index (χ1v) is 7.93. The van der Waals surface area contributed by atoms with Crippen LogP contribution in [-0.4, -0.2) is 16.3 Å². The molecule has 2 rings (SSSR count). The van der Waals surface area contributed by atoms with Crippen LogP contribution >= 0.6 is 23.4 Å². The molecule has 4 heteroatoms. The largest absolute Gasteiger partial charge is 0.480 e. The van der Waals surface area contributed by atoms with E-state index in [1.807, 2.05) is 56.3 Å². The summed E-state index contributed by atoms with van der Waals surface area (Å²) in [5.41, 5.74) is 3.10. The molecule has 0 amide bonds. The number of aliphatic carboxylic acids is 1. The Morgan fingerprint density at radius 1 is 1.19 bits per heavy atom. The molecule has 0 bridgehead atoms. The molecule has 0 fully saturated rings. The predicted molar refractivity (Wildman–Crippen MR) is 88.4 cm³/mol. The van der Waals surface area contributed by atoms with Gasteiger partial charge in [-0.05, 0) is 49.6 Å². The van der Waals surface area contributed by atoms with Crippen molar-refractivity contribution < 1.29 is 9.90 Å². The quantitative estimate of drug-likeness (QED) is 0.808. The van der Waals surface area contributed by atoms with Crippen LogP contribution in [0.3, 0.4) is 0 Å². The lowest BCUT2D eigenvalue weighted by Crippen LogP contribution is -2.19. The summed E-state index contributed by atoms with van der Waals surface area (Å²) in [6.07, 6.45) is 0.459. The Labute approximate surface area is 134 Å². The fourth-order valence-electron chi connectivity index (χ4n) is 2.03. The van der Waals surface area contributed by atoms with Crippen molar-refractivity contribution in [2.45, 2.75) is 30.4 Å². The molecule has 2 aromatic rings. The highest BCUT2D eigenvalue weighted by Gasteiger charge is 2.20. The first kappa shape index (κ1) is 15.9. The van der Waals surface area contributed by atoms with Gasteiger partial charge < -0.3 is 5.11 Å². The Bertz CT molecular complexity index is 638. The minimum atomic E-state index is -0.806. The standard InChI is InChI=1S/C17H17ClO2S/c1-11-6-8-14(9-7-11)21-16(17(19)20)10-13-4-3-5-15(18)12(13)2/h3-9,16H,10H2,1-2H3,(H,19,20)/t16-/m1/s1. The molecular formula is C17H17ClO2S. The van der Waals surface area contributed by atoms with Crippen molar-refractivity contribution in [3.63, 3.8) is 0 Å². The average molecular weight is 321 g/mol. The van der Waals surface area contributed by atoms with E-state index in [0.29, 0.717) is 11.4 Å². The van der Waals surface area contributed by atoms with Crippen molar-refractivity contribution in [1.82, 2.24) is 0 Å². The fraction of sp³-hybridized carbons (Fsp3) is 0.235. The molecule has 0 saturated heterocycles. The number of hydrogen-bond donors (Lipinski definition) is 1. The SMILES string of the molecule is Cc1ccc(S[C@H](Cc2cccc(Cl)c2C)C(=O)O)cc1. The monoisotopic (exact) mass is 320 g/mol. The lowest BCUT2D eigenvalue weighted by molar-refractivity contribution is -0.136. The number of aryl methyl sites for hydroxylation is 1. The maximum Gasteiger partial charge on any atom is 0.317 e. The number of carbonyl (C=O) groups is 1. The highest BCUT2D eigenvalue weighted by Crippen LogP contribution is 2.28. The van der Waals surface area contributed by atoms with Crippen LogP contribution in [0.5, 0.6) is 0 Å². The Morgan fingerprint density at radius 3 is 2.48 bits per heavy atom. The van der Waals surface area contributed by atoms with Crippen molar-refractivity contribution in [1.29, 1.82) is 0 Å². The molecule has 0 aromatic heterocycles. The molecule has 2 nitrogen and oxygen atoms in total. The molecule has 0 aliphatic carbocycles. The van der Waals surface area contributed by atoms with Crippen molar-refractivity contribution in [3.8, 4) is 0 Å². The Morgan fingerprint density at radius 2 is 1.86 bits per heavy atom. The summed E-state index contributed by atoms with van der Waals surface area (Å²) in [6, 6.07) is 13.5. The van der Waals surface area contributed by atoms with E-state index in [2.05, 4.69) is 0 Å². The molecule has 0 heterocycles. The number of halogens is 1. The molecule has 0 aliphatic rings. The van der Waals surface area contributed by atoms with Crippen molar-refractivity contribution in [3.05, 3.63) is 64.2 Å². The van der Waals surface area contributed by atoms with Gasteiger partial charge in [0.25, 0.3) is 0 Å². The predicted octanol–water partition coefficient (Wildman–Crippen LogP) is 4.74. The summed E-state index contributed by atoms with van der Waals surface area (Å²) in [4.78, 5) is 12.5. The third-order valence-corrected chi connectivity index (χ3v) is 4.97. The number of carboxylic acid groups (broad SMARTS) is 1. The van der Waals surface area contributed by atoms with Gasteiger partial charge in [-0.25, -0.2) is 0 Å². The van der Waals surface area contributed by atoms with Gasteiger partial charge in [0.15, 0.2) is 0 Å². The van der Waals surface area contributed by atoms with E-state index in [1.54, 1.807) is 0 Å². The lowest BCUT2D eigenvalue weighted by Gasteiger charge is -2.14.